The summed E-state index contributed by atoms with van der Waals surface area (Å²) in [5, 5.41) is 7.11. The normalized spacial score (nSPS) is 13.4. The fraction of sp³-hybridized carbons (Fsp3) is 0.167. The molecule has 6 rings (SSSR count). The van der Waals surface area contributed by atoms with Gasteiger partial charge >= 0.3 is 0 Å². The molecule has 9 heteroatoms. The van der Waals surface area contributed by atoms with E-state index in [0.717, 1.165) is 29.3 Å². The minimum absolute atomic E-state index is 0.0966. The van der Waals surface area contributed by atoms with Crippen LogP contribution in [0.4, 0.5) is 11.6 Å². The zero-order chi connectivity index (χ0) is 22.4. The number of anilines is 2. The molecule has 0 radical (unpaired) electrons. The van der Waals surface area contributed by atoms with Crippen molar-refractivity contribution in [3.8, 4) is 11.6 Å². The Balaban J connectivity index is 1.38. The SMILES string of the molecule is COc1cc(C(=O)NC2CC2)ccc1Nc1nc(-n2cnc3ccccc32)c2cc[nH]c2n1. The number of benzene rings is 2. The second kappa shape index (κ2) is 7.63. The lowest BCUT2D eigenvalue weighted by Gasteiger charge is -2.13. The van der Waals surface area contributed by atoms with Gasteiger partial charge in [-0.3, -0.25) is 9.36 Å². The van der Waals surface area contributed by atoms with Crippen molar-refractivity contribution in [2.24, 2.45) is 0 Å². The molecule has 0 aliphatic heterocycles. The van der Waals surface area contributed by atoms with Gasteiger partial charge in [-0.2, -0.15) is 9.97 Å². The van der Waals surface area contributed by atoms with Gasteiger partial charge in [0.2, 0.25) is 5.95 Å². The first-order valence-corrected chi connectivity index (χ1v) is 10.7. The highest BCUT2D eigenvalue weighted by molar-refractivity contribution is 5.96. The molecule has 5 aromatic rings. The molecular weight excluding hydrogens is 418 g/mol. The van der Waals surface area contributed by atoms with Crippen LogP contribution in [0.3, 0.4) is 0 Å². The Morgan fingerprint density at radius 2 is 2.03 bits per heavy atom. The molecule has 33 heavy (non-hydrogen) atoms. The van der Waals surface area contributed by atoms with E-state index in [9.17, 15) is 4.79 Å². The molecule has 0 bridgehead atoms. The molecule has 0 atom stereocenters. The standard InChI is InChI=1S/C24H21N7O2/c1-33-20-12-14(23(32)27-15-7-8-15)6-9-18(20)28-24-29-21-16(10-11-25-21)22(30-24)31-13-26-17-4-2-3-5-19(17)31/h2-6,9-13,15H,7-8H2,1H3,(H,27,32)(H2,25,28,29,30). The van der Waals surface area contributed by atoms with Crippen molar-refractivity contribution in [2.75, 3.05) is 12.4 Å². The van der Waals surface area contributed by atoms with Crippen molar-refractivity contribution < 1.29 is 9.53 Å². The summed E-state index contributed by atoms with van der Waals surface area (Å²) in [6.45, 7) is 0. The van der Waals surface area contributed by atoms with E-state index in [1.807, 2.05) is 41.1 Å². The molecule has 3 N–H and O–H groups in total. The largest absolute Gasteiger partial charge is 0.495 e. The summed E-state index contributed by atoms with van der Waals surface area (Å²) in [6, 6.07) is 15.4. The number of hydrogen-bond donors (Lipinski definition) is 3. The maximum absolute atomic E-state index is 12.4. The van der Waals surface area contributed by atoms with Gasteiger partial charge < -0.3 is 20.4 Å². The van der Waals surface area contributed by atoms with Crippen LogP contribution in [0.25, 0.3) is 27.9 Å². The first-order valence-electron chi connectivity index (χ1n) is 10.7. The zero-order valence-corrected chi connectivity index (χ0v) is 17.9. The van der Waals surface area contributed by atoms with E-state index < -0.39 is 0 Å². The van der Waals surface area contributed by atoms with Gasteiger partial charge in [-0.05, 0) is 49.2 Å². The molecule has 1 aliphatic rings. The number of rotatable bonds is 6. The van der Waals surface area contributed by atoms with Gasteiger partial charge in [0.25, 0.3) is 5.91 Å². The molecular formula is C24H21N7O2. The lowest BCUT2D eigenvalue weighted by atomic mass is 10.1. The minimum Gasteiger partial charge on any atom is -0.495 e. The number of ether oxygens (including phenoxy) is 1. The zero-order valence-electron chi connectivity index (χ0n) is 17.9. The third kappa shape index (κ3) is 3.53. The number of amides is 1. The Hall–Kier alpha value is -4.40. The molecule has 0 unspecified atom stereocenters. The van der Waals surface area contributed by atoms with Crippen LogP contribution >= 0.6 is 0 Å². The Bertz CT molecular complexity index is 1500. The fourth-order valence-electron chi connectivity index (χ4n) is 3.85. The topological polar surface area (TPSA) is 110 Å². The van der Waals surface area contributed by atoms with E-state index in [1.54, 1.807) is 31.6 Å². The molecule has 3 heterocycles. The van der Waals surface area contributed by atoms with Crippen LogP contribution in [0.5, 0.6) is 5.75 Å². The number of H-pyrrole nitrogens is 1. The number of carbonyl (C=O) groups excluding carboxylic acids is 1. The number of fused-ring (bicyclic) bond motifs is 2. The van der Waals surface area contributed by atoms with Crippen LogP contribution in [0.15, 0.2) is 61.1 Å². The molecule has 9 nitrogen and oxygen atoms in total. The summed E-state index contributed by atoms with van der Waals surface area (Å²) in [5.74, 6) is 1.53. The number of nitrogens with zero attached hydrogens (tertiary/aromatic N) is 4. The number of imidazole rings is 1. The van der Waals surface area contributed by atoms with Crippen molar-refractivity contribution >= 4 is 39.6 Å². The average Bonchev–Trinajstić information content (AvgIpc) is 3.35. The van der Waals surface area contributed by atoms with E-state index in [4.69, 9.17) is 9.72 Å². The molecule has 0 saturated heterocycles. The van der Waals surface area contributed by atoms with Gasteiger partial charge in [-0.25, -0.2) is 4.98 Å². The molecule has 3 aromatic heterocycles. The van der Waals surface area contributed by atoms with Gasteiger partial charge in [-0.15, -0.1) is 0 Å². The van der Waals surface area contributed by atoms with E-state index >= 15 is 0 Å². The van der Waals surface area contributed by atoms with Crippen molar-refractivity contribution in [3.63, 3.8) is 0 Å². The van der Waals surface area contributed by atoms with E-state index in [2.05, 4.69) is 25.6 Å². The average molecular weight is 439 g/mol. The van der Waals surface area contributed by atoms with E-state index in [-0.39, 0.29) is 5.91 Å². The van der Waals surface area contributed by atoms with Crippen LogP contribution in [-0.2, 0) is 0 Å². The maximum Gasteiger partial charge on any atom is 0.251 e. The van der Waals surface area contributed by atoms with Crippen LogP contribution < -0.4 is 15.4 Å². The van der Waals surface area contributed by atoms with Crippen LogP contribution in [-0.4, -0.2) is 43.6 Å². The number of aromatic amines is 1. The van der Waals surface area contributed by atoms with Gasteiger partial charge in [0.1, 0.15) is 17.7 Å². The third-order valence-electron chi connectivity index (χ3n) is 5.70. The Morgan fingerprint density at radius 3 is 2.88 bits per heavy atom. The number of aromatic nitrogens is 5. The summed E-state index contributed by atoms with van der Waals surface area (Å²) in [6.07, 6.45) is 5.67. The van der Waals surface area contributed by atoms with Crippen molar-refractivity contribution in [3.05, 3.63) is 66.6 Å². The number of hydrogen-bond acceptors (Lipinski definition) is 6. The Morgan fingerprint density at radius 1 is 1.15 bits per heavy atom. The molecule has 2 aromatic carbocycles. The fourth-order valence-corrected chi connectivity index (χ4v) is 3.85. The van der Waals surface area contributed by atoms with Crippen LogP contribution in [0.2, 0.25) is 0 Å². The van der Waals surface area contributed by atoms with Gasteiger partial charge in [0, 0.05) is 17.8 Å². The summed E-state index contributed by atoms with van der Waals surface area (Å²) >= 11 is 0. The molecule has 164 valence electrons. The highest BCUT2D eigenvalue weighted by atomic mass is 16.5. The summed E-state index contributed by atoms with van der Waals surface area (Å²) < 4.78 is 7.49. The Labute approximate surface area is 188 Å². The second-order valence-electron chi connectivity index (χ2n) is 8.00. The quantitative estimate of drug-likeness (QED) is 0.370. The second-order valence-corrected chi connectivity index (χ2v) is 8.00. The Kier molecular flexibility index (Phi) is 4.46. The van der Waals surface area contributed by atoms with Gasteiger partial charge in [-0.1, -0.05) is 12.1 Å². The highest BCUT2D eigenvalue weighted by Gasteiger charge is 2.24. The summed E-state index contributed by atoms with van der Waals surface area (Å²) in [7, 11) is 1.57. The molecule has 0 spiro atoms. The van der Waals surface area contributed by atoms with Crippen LogP contribution in [0.1, 0.15) is 23.2 Å². The third-order valence-corrected chi connectivity index (χ3v) is 5.70. The van der Waals surface area contributed by atoms with E-state index in [0.29, 0.717) is 40.5 Å². The summed E-state index contributed by atoms with van der Waals surface area (Å²) in [4.78, 5) is 29.5. The molecule has 1 aliphatic carbocycles. The summed E-state index contributed by atoms with van der Waals surface area (Å²) in [5.41, 5.74) is 3.74. The smallest absolute Gasteiger partial charge is 0.251 e. The lowest BCUT2D eigenvalue weighted by Crippen LogP contribution is -2.25. The first-order chi connectivity index (χ1) is 16.2. The van der Waals surface area contributed by atoms with E-state index in [1.165, 1.54) is 0 Å². The number of carbonyl (C=O) groups is 1. The number of methoxy groups -OCH3 is 1. The maximum atomic E-state index is 12.4. The molecule has 1 fully saturated rings. The number of para-hydroxylation sites is 2. The van der Waals surface area contributed by atoms with Crippen molar-refractivity contribution in [1.29, 1.82) is 0 Å². The predicted molar refractivity (Wildman–Crippen MR) is 125 cm³/mol. The lowest BCUT2D eigenvalue weighted by molar-refractivity contribution is 0.0950. The van der Waals surface area contributed by atoms with Crippen LogP contribution in [0, 0.1) is 0 Å². The number of nitrogens with one attached hydrogen (secondary N) is 3. The van der Waals surface area contributed by atoms with Gasteiger partial charge in [0.05, 0.1) is 29.2 Å². The highest BCUT2D eigenvalue weighted by Crippen LogP contribution is 2.30. The molecule has 1 amide bonds. The van der Waals surface area contributed by atoms with Crippen molar-refractivity contribution in [2.45, 2.75) is 18.9 Å². The molecule has 1 saturated carbocycles. The van der Waals surface area contributed by atoms with Crippen molar-refractivity contribution in [1.82, 2.24) is 29.8 Å². The minimum atomic E-state index is -0.0966. The monoisotopic (exact) mass is 439 g/mol. The van der Waals surface area contributed by atoms with Gasteiger partial charge in [0.15, 0.2) is 5.82 Å². The first kappa shape index (κ1) is 19.3. The predicted octanol–water partition coefficient (Wildman–Crippen LogP) is 3.94.